The molecule has 0 saturated carbocycles. The molecule has 146 valence electrons. The average molecular weight is 379 g/mol. The zero-order valence-corrected chi connectivity index (χ0v) is 16.2. The standard InChI is InChI=1S/C22H25N3O3/c1-3-28-20-8-4-16(5-9-20)14-21(26)23-13-12-18-15-24-22(25-18)17-6-10-19(27-2)11-7-17/h4-11,15H,3,12-14H2,1-2H3,(H,23,26)(H,24,25). The smallest absolute Gasteiger partial charge is 0.224 e. The summed E-state index contributed by atoms with van der Waals surface area (Å²) in [6.07, 6.45) is 2.85. The molecule has 1 heterocycles. The molecule has 0 aliphatic heterocycles. The van der Waals surface area contributed by atoms with Crippen LogP contribution < -0.4 is 14.8 Å². The van der Waals surface area contributed by atoms with Crippen molar-refractivity contribution in [1.29, 1.82) is 0 Å². The van der Waals surface area contributed by atoms with Crippen molar-refractivity contribution in [1.82, 2.24) is 15.3 Å². The number of carbonyl (C=O) groups excluding carboxylic acids is 1. The molecule has 28 heavy (non-hydrogen) atoms. The number of amides is 1. The Morgan fingerprint density at radius 2 is 1.79 bits per heavy atom. The Hall–Kier alpha value is -3.28. The molecular formula is C22H25N3O3. The van der Waals surface area contributed by atoms with Crippen molar-refractivity contribution in [3.63, 3.8) is 0 Å². The minimum absolute atomic E-state index is 0.000877. The van der Waals surface area contributed by atoms with Gasteiger partial charge in [0.1, 0.15) is 17.3 Å². The highest BCUT2D eigenvalue weighted by Crippen LogP contribution is 2.19. The van der Waals surface area contributed by atoms with E-state index >= 15 is 0 Å². The van der Waals surface area contributed by atoms with Crippen LogP contribution in [0.15, 0.2) is 54.7 Å². The third-order valence-electron chi connectivity index (χ3n) is 4.31. The van der Waals surface area contributed by atoms with E-state index in [9.17, 15) is 4.79 Å². The zero-order valence-electron chi connectivity index (χ0n) is 16.2. The summed E-state index contributed by atoms with van der Waals surface area (Å²) >= 11 is 0. The van der Waals surface area contributed by atoms with Crippen molar-refractivity contribution in [2.45, 2.75) is 19.8 Å². The summed E-state index contributed by atoms with van der Waals surface area (Å²) in [6.45, 7) is 3.13. The Morgan fingerprint density at radius 1 is 1.07 bits per heavy atom. The number of nitrogens with one attached hydrogen (secondary N) is 2. The van der Waals surface area contributed by atoms with Crippen LogP contribution in [0.5, 0.6) is 11.5 Å². The van der Waals surface area contributed by atoms with E-state index < -0.39 is 0 Å². The second kappa shape index (κ2) is 9.60. The van der Waals surface area contributed by atoms with Crippen LogP contribution in [0.4, 0.5) is 0 Å². The molecule has 0 aliphatic rings. The molecule has 6 nitrogen and oxygen atoms in total. The number of hydrogen-bond donors (Lipinski definition) is 2. The second-order valence-corrected chi connectivity index (χ2v) is 6.34. The first-order valence-electron chi connectivity index (χ1n) is 9.34. The van der Waals surface area contributed by atoms with Gasteiger partial charge < -0.3 is 19.8 Å². The lowest BCUT2D eigenvalue weighted by Gasteiger charge is -2.06. The average Bonchev–Trinajstić information content (AvgIpc) is 3.19. The number of benzene rings is 2. The predicted molar refractivity (Wildman–Crippen MR) is 109 cm³/mol. The Bertz CT molecular complexity index is 886. The van der Waals surface area contributed by atoms with Crippen molar-refractivity contribution >= 4 is 5.91 Å². The van der Waals surface area contributed by atoms with E-state index in [2.05, 4.69) is 15.3 Å². The maximum atomic E-state index is 12.1. The van der Waals surface area contributed by atoms with Gasteiger partial charge in [-0.25, -0.2) is 4.98 Å². The summed E-state index contributed by atoms with van der Waals surface area (Å²) < 4.78 is 10.6. The van der Waals surface area contributed by atoms with Gasteiger partial charge in [0.25, 0.3) is 0 Å². The first-order chi connectivity index (χ1) is 13.7. The number of methoxy groups -OCH3 is 1. The highest BCUT2D eigenvalue weighted by atomic mass is 16.5. The maximum Gasteiger partial charge on any atom is 0.224 e. The van der Waals surface area contributed by atoms with Crippen LogP contribution in [0.25, 0.3) is 11.4 Å². The highest BCUT2D eigenvalue weighted by Gasteiger charge is 2.06. The van der Waals surface area contributed by atoms with Crippen LogP contribution in [0.3, 0.4) is 0 Å². The minimum Gasteiger partial charge on any atom is -0.497 e. The second-order valence-electron chi connectivity index (χ2n) is 6.34. The van der Waals surface area contributed by atoms with Gasteiger partial charge in [0.2, 0.25) is 5.91 Å². The van der Waals surface area contributed by atoms with E-state index in [0.717, 1.165) is 34.1 Å². The quantitative estimate of drug-likeness (QED) is 0.598. The van der Waals surface area contributed by atoms with Gasteiger partial charge >= 0.3 is 0 Å². The number of aromatic nitrogens is 2. The molecule has 2 aromatic carbocycles. The molecule has 0 atom stereocenters. The topological polar surface area (TPSA) is 76.2 Å². The SMILES string of the molecule is CCOc1ccc(CC(=O)NCCc2cnc(-c3ccc(OC)cc3)[nH]2)cc1. The molecule has 0 spiro atoms. The normalized spacial score (nSPS) is 10.5. The van der Waals surface area contributed by atoms with E-state index in [1.54, 1.807) is 13.3 Å². The Labute approximate surface area is 164 Å². The van der Waals surface area contributed by atoms with E-state index in [1.807, 2.05) is 55.5 Å². The lowest BCUT2D eigenvalue weighted by atomic mass is 10.1. The van der Waals surface area contributed by atoms with E-state index in [0.29, 0.717) is 26.0 Å². The zero-order chi connectivity index (χ0) is 19.8. The summed E-state index contributed by atoms with van der Waals surface area (Å²) in [5, 5.41) is 2.95. The van der Waals surface area contributed by atoms with Crippen molar-refractivity contribution < 1.29 is 14.3 Å². The van der Waals surface area contributed by atoms with Crippen LogP contribution in [-0.2, 0) is 17.6 Å². The number of rotatable bonds is 9. The lowest BCUT2D eigenvalue weighted by molar-refractivity contribution is -0.120. The van der Waals surface area contributed by atoms with Crippen molar-refractivity contribution in [3.8, 4) is 22.9 Å². The summed E-state index contributed by atoms with van der Waals surface area (Å²) in [5.74, 6) is 2.43. The van der Waals surface area contributed by atoms with Gasteiger partial charge in [0.05, 0.1) is 20.1 Å². The van der Waals surface area contributed by atoms with Gasteiger partial charge in [-0.3, -0.25) is 4.79 Å². The highest BCUT2D eigenvalue weighted by molar-refractivity contribution is 5.78. The number of imidazole rings is 1. The predicted octanol–water partition coefficient (Wildman–Crippen LogP) is 3.39. The number of hydrogen-bond acceptors (Lipinski definition) is 4. The van der Waals surface area contributed by atoms with Gasteiger partial charge in [-0.2, -0.15) is 0 Å². The van der Waals surface area contributed by atoms with Crippen LogP contribution in [0.2, 0.25) is 0 Å². The van der Waals surface area contributed by atoms with Crippen LogP contribution in [-0.4, -0.2) is 36.1 Å². The summed E-state index contributed by atoms with van der Waals surface area (Å²) in [6, 6.07) is 15.3. The molecule has 3 aromatic rings. The van der Waals surface area contributed by atoms with Crippen LogP contribution >= 0.6 is 0 Å². The number of aromatic amines is 1. The number of nitrogens with zero attached hydrogens (tertiary/aromatic N) is 1. The lowest BCUT2D eigenvalue weighted by Crippen LogP contribution is -2.27. The fourth-order valence-electron chi connectivity index (χ4n) is 2.84. The van der Waals surface area contributed by atoms with Gasteiger partial charge in [-0.15, -0.1) is 0 Å². The number of ether oxygens (including phenoxy) is 2. The number of H-pyrrole nitrogens is 1. The molecule has 6 heteroatoms. The van der Waals surface area contributed by atoms with E-state index in [-0.39, 0.29) is 5.91 Å². The molecular weight excluding hydrogens is 354 g/mol. The molecule has 0 bridgehead atoms. The van der Waals surface area contributed by atoms with Gasteiger partial charge in [-0.1, -0.05) is 12.1 Å². The fourth-order valence-corrected chi connectivity index (χ4v) is 2.84. The summed E-state index contributed by atoms with van der Waals surface area (Å²) in [7, 11) is 1.64. The Kier molecular flexibility index (Phi) is 6.68. The molecule has 0 fully saturated rings. The van der Waals surface area contributed by atoms with Gasteiger partial charge in [0, 0.05) is 30.4 Å². The molecule has 1 amide bonds. The summed E-state index contributed by atoms with van der Waals surface area (Å²) in [4.78, 5) is 19.8. The van der Waals surface area contributed by atoms with Gasteiger partial charge in [-0.05, 0) is 48.9 Å². The molecule has 0 unspecified atom stereocenters. The molecule has 1 aromatic heterocycles. The fraction of sp³-hybridized carbons (Fsp3) is 0.273. The minimum atomic E-state index is -0.000877. The molecule has 2 N–H and O–H groups in total. The monoisotopic (exact) mass is 379 g/mol. The third kappa shape index (κ3) is 5.36. The van der Waals surface area contributed by atoms with Crippen molar-refractivity contribution in [2.24, 2.45) is 0 Å². The molecule has 0 saturated heterocycles. The van der Waals surface area contributed by atoms with Crippen molar-refractivity contribution in [3.05, 3.63) is 66.0 Å². The first-order valence-corrected chi connectivity index (χ1v) is 9.34. The molecule has 0 aliphatic carbocycles. The molecule has 3 rings (SSSR count). The maximum absolute atomic E-state index is 12.1. The van der Waals surface area contributed by atoms with Crippen LogP contribution in [0.1, 0.15) is 18.2 Å². The largest absolute Gasteiger partial charge is 0.497 e. The van der Waals surface area contributed by atoms with Gasteiger partial charge in [0.15, 0.2) is 0 Å². The van der Waals surface area contributed by atoms with Crippen molar-refractivity contribution in [2.75, 3.05) is 20.3 Å². The third-order valence-corrected chi connectivity index (χ3v) is 4.31. The Morgan fingerprint density at radius 3 is 2.46 bits per heavy atom. The Balaban J connectivity index is 1.45. The van der Waals surface area contributed by atoms with Crippen LogP contribution in [0, 0.1) is 0 Å². The van der Waals surface area contributed by atoms with E-state index in [1.165, 1.54) is 0 Å². The van der Waals surface area contributed by atoms with E-state index in [4.69, 9.17) is 9.47 Å². The summed E-state index contributed by atoms with van der Waals surface area (Å²) in [5.41, 5.74) is 2.93. The molecule has 0 radical (unpaired) electrons. The number of carbonyl (C=O) groups is 1. The first kappa shape index (κ1) is 19.5.